The summed E-state index contributed by atoms with van der Waals surface area (Å²) in [6, 6.07) is 5.81. The average molecular weight is 367 g/mol. The van der Waals surface area contributed by atoms with Gasteiger partial charge in [0.25, 0.3) is 0 Å². The molecule has 1 heterocycles. The number of amides is 2. The number of nitrogens with one attached hydrogen (secondary N) is 1. The van der Waals surface area contributed by atoms with Crippen LogP contribution in [-0.4, -0.2) is 29.8 Å². The van der Waals surface area contributed by atoms with Crippen LogP contribution in [0.15, 0.2) is 22.7 Å². The second-order valence-corrected chi connectivity index (χ2v) is 7.06. The molecule has 0 atom stereocenters. The summed E-state index contributed by atoms with van der Waals surface area (Å²) in [6.45, 7) is 7.18. The van der Waals surface area contributed by atoms with E-state index in [0.717, 1.165) is 28.6 Å². The van der Waals surface area contributed by atoms with Crippen LogP contribution in [0.1, 0.15) is 32.3 Å². The predicted octanol–water partition coefficient (Wildman–Crippen LogP) is 3.59. The molecule has 1 N–H and O–H groups in total. The molecule has 0 aliphatic carbocycles. The molecule has 0 radical (unpaired) electrons. The molecule has 2 amide bonds. The highest BCUT2D eigenvalue weighted by Gasteiger charge is 2.28. The molecular weight excluding hydrogens is 344 g/mol. The third-order valence-electron chi connectivity index (χ3n) is 4.11. The highest BCUT2D eigenvalue weighted by molar-refractivity contribution is 9.10. The highest BCUT2D eigenvalue weighted by Crippen LogP contribution is 2.23. The van der Waals surface area contributed by atoms with Crippen molar-refractivity contribution in [2.24, 2.45) is 11.8 Å². The highest BCUT2D eigenvalue weighted by atomic mass is 79.9. The lowest BCUT2D eigenvalue weighted by Gasteiger charge is -2.32. The number of piperidine rings is 1. The maximum absolute atomic E-state index is 12.3. The lowest BCUT2D eigenvalue weighted by molar-refractivity contribution is -0.137. The summed E-state index contributed by atoms with van der Waals surface area (Å²) in [5.41, 5.74) is 1.95. The van der Waals surface area contributed by atoms with Gasteiger partial charge in [-0.1, -0.05) is 35.8 Å². The van der Waals surface area contributed by atoms with Crippen molar-refractivity contribution >= 4 is 33.4 Å². The monoisotopic (exact) mass is 366 g/mol. The first kappa shape index (κ1) is 17.0. The van der Waals surface area contributed by atoms with E-state index in [9.17, 15) is 9.59 Å². The van der Waals surface area contributed by atoms with Gasteiger partial charge in [0.1, 0.15) is 0 Å². The Morgan fingerprint density at radius 3 is 2.45 bits per heavy atom. The van der Waals surface area contributed by atoms with E-state index in [-0.39, 0.29) is 23.7 Å². The first-order valence-electron chi connectivity index (χ1n) is 7.74. The van der Waals surface area contributed by atoms with E-state index in [0.29, 0.717) is 13.1 Å². The fourth-order valence-corrected chi connectivity index (χ4v) is 3.02. The molecule has 0 unspecified atom stereocenters. The minimum Gasteiger partial charge on any atom is -0.342 e. The van der Waals surface area contributed by atoms with E-state index in [1.807, 2.05) is 43.9 Å². The summed E-state index contributed by atoms with van der Waals surface area (Å²) in [5.74, 6) is 0.236. The predicted molar refractivity (Wildman–Crippen MR) is 91.7 cm³/mol. The third-order valence-corrected chi connectivity index (χ3v) is 4.97. The second-order valence-electron chi connectivity index (χ2n) is 6.21. The minimum absolute atomic E-state index is 0.0173. The first-order chi connectivity index (χ1) is 10.4. The van der Waals surface area contributed by atoms with Crippen LogP contribution >= 0.6 is 15.9 Å². The zero-order chi connectivity index (χ0) is 16.3. The van der Waals surface area contributed by atoms with Crippen molar-refractivity contribution in [2.75, 3.05) is 18.4 Å². The largest absolute Gasteiger partial charge is 0.342 e. The van der Waals surface area contributed by atoms with Crippen LogP contribution in [0.2, 0.25) is 0 Å². The van der Waals surface area contributed by atoms with Crippen LogP contribution in [0.25, 0.3) is 0 Å². The van der Waals surface area contributed by atoms with Gasteiger partial charge in [-0.25, -0.2) is 0 Å². The van der Waals surface area contributed by atoms with Crippen LogP contribution in [-0.2, 0) is 9.59 Å². The van der Waals surface area contributed by atoms with Gasteiger partial charge >= 0.3 is 0 Å². The molecule has 2 rings (SSSR count). The maximum atomic E-state index is 12.3. The molecule has 0 spiro atoms. The molecule has 1 aromatic carbocycles. The van der Waals surface area contributed by atoms with E-state index in [4.69, 9.17) is 0 Å². The number of benzene rings is 1. The number of carbonyl (C=O) groups is 2. The number of hydrogen-bond acceptors (Lipinski definition) is 2. The van der Waals surface area contributed by atoms with Crippen LogP contribution < -0.4 is 5.32 Å². The Labute approximate surface area is 140 Å². The fourth-order valence-electron chi connectivity index (χ4n) is 2.64. The summed E-state index contributed by atoms with van der Waals surface area (Å²) in [4.78, 5) is 26.2. The Bertz CT molecular complexity index is 564. The summed E-state index contributed by atoms with van der Waals surface area (Å²) in [6.07, 6.45) is 1.47. The molecule has 1 aliphatic heterocycles. The molecular formula is C17H23BrN2O2. The van der Waals surface area contributed by atoms with Crippen molar-refractivity contribution in [3.8, 4) is 0 Å². The van der Waals surface area contributed by atoms with Gasteiger partial charge in [0.05, 0.1) is 0 Å². The van der Waals surface area contributed by atoms with Crippen molar-refractivity contribution in [1.82, 2.24) is 4.90 Å². The molecule has 0 aromatic heterocycles. The van der Waals surface area contributed by atoms with Crippen molar-refractivity contribution in [2.45, 2.75) is 33.6 Å². The molecule has 1 fully saturated rings. The summed E-state index contributed by atoms with van der Waals surface area (Å²) in [5, 5.41) is 2.97. The number of anilines is 1. The van der Waals surface area contributed by atoms with E-state index < -0.39 is 0 Å². The van der Waals surface area contributed by atoms with Crippen LogP contribution in [0.4, 0.5) is 5.69 Å². The number of nitrogens with zero attached hydrogens (tertiary/aromatic N) is 1. The third kappa shape index (κ3) is 4.09. The molecule has 4 nitrogen and oxygen atoms in total. The Kier molecular flexibility index (Phi) is 5.62. The second kappa shape index (κ2) is 7.27. The molecule has 1 aliphatic rings. The quantitative estimate of drug-likeness (QED) is 0.888. The van der Waals surface area contributed by atoms with E-state index >= 15 is 0 Å². The van der Waals surface area contributed by atoms with Crippen molar-refractivity contribution < 1.29 is 9.59 Å². The van der Waals surface area contributed by atoms with Gasteiger partial charge in [0, 0.05) is 35.1 Å². The molecule has 0 bridgehead atoms. The molecule has 22 heavy (non-hydrogen) atoms. The molecule has 1 saturated heterocycles. The van der Waals surface area contributed by atoms with Crippen LogP contribution in [0, 0.1) is 18.8 Å². The zero-order valence-corrected chi connectivity index (χ0v) is 14.9. The van der Waals surface area contributed by atoms with Gasteiger partial charge in [-0.2, -0.15) is 0 Å². The Morgan fingerprint density at radius 2 is 1.91 bits per heavy atom. The average Bonchev–Trinajstić information content (AvgIpc) is 2.50. The molecule has 120 valence electrons. The van der Waals surface area contributed by atoms with Gasteiger partial charge in [-0.3, -0.25) is 9.59 Å². The Morgan fingerprint density at radius 1 is 1.27 bits per heavy atom. The summed E-state index contributed by atoms with van der Waals surface area (Å²) < 4.78 is 0.989. The summed E-state index contributed by atoms with van der Waals surface area (Å²) >= 11 is 3.47. The number of rotatable bonds is 3. The minimum atomic E-state index is -0.0173. The standard InChI is InChI=1S/C17H23BrN2O2/c1-11(2)17(22)20-8-6-13(7-9-20)16(21)19-14-5-4-12(3)15(18)10-14/h4-5,10-11,13H,6-9H2,1-3H3,(H,19,21). The number of likely N-dealkylation sites (tertiary alicyclic amines) is 1. The lowest BCUT2D eigenvalue weighted by atomic mass is 9.95. The number of aryl methyl sites for hydroxylation is 1. The first-order valence-corrected chi connectivity index (χ1v) is 8.53. The summed E-state index contributed by atoms with van der Waals surface area (Å²) in [7, 11) is 0. The maximum Gasteiger partial charge on any atom is 0.227 e. The Hall–Kier alpha value is -1.36. The van der Waals surface area contributed by atoms with E-state index in [1.54, 1.807) is 0 Å². The zero-order valence-electron chi connectivity index (χ0n) is 13.4. The van der Waals surface area contributed by atoms with Crippen molar-refractivity contribution in [1.29, 1.82) is 0 Å². The van der Waals surface area contributed by atoms with Crippen LogP contribution in [0.5, 0.6) is 0 Å². The molecule has 1 aromatic rings. The normalized spacial score (nSPS) is 16.0. The lowest BCUT2D eigenvalue weighted by Crippen LogP contribution is -2.43. The van der Waals surface area contributed by atoms with Gasteiger partial charge in [-0.15, -0.1) is 0 Å². The van der Waals surface area contributed by atoms with Gasteiger partial charge in [0.2, 0.25) is 11.8 Å². The number of halogens is 1. The van der Waals surface area contributed by atoms with Crippen molar-refractivity contribution in [3.63, 3.8) is 0 Å². The number of carbonyl (C=O) groups excluding carboxylic acids is 2. The molecule has 5 heteroatoms. The smallest absolute Gasteiger partial charge is 0.227 e. The van der Waals surface area contributed by atoms with Crippen molar-refractivity contribution in [3.05, 3.63) is 28.2 Å². The van der Waals surface area contributed by atoms with Gasteiger partial charge in [-0.05, 0) is 37.5 Å². The Balaban J connectivity index is 1.89. The van der Waals surface area contributed by atoms with E-state index in [1.165, 1.54) is 0 Å². The molecule has 0 saturated carbocycles. The van der Waals surface area contributed by atoms with Crippen LogP contribution in [0.3, 0.4) is 0 Å². The van der Waals surface area contributed by atoms with Gasteiger partial charge < -0.3 is 10.2 Å². The fraction of sp³-hybridized carbons (Fsp3) is 0.529. The number of hydrogen-bond donors (Lipinski definition) is 1. The van der Waals surface area contributed by atoms with Gasteiger partial charge in [0.15, 0.2) is 0 Å². The topological polar surface area (TPSA) is 49.4 Å². The SMILES string of the molecule is Cc1ccc(NC(=O)C2CCN(C(=O)C(C)C)CC2)cc1Br. The van der Waals surface area contributed by atoms with E-state index in [2.05, 4.69) is 21.2 Å².